The second kappa shape index (κ2) is 7.07. The van der Waals surface area contributed by atoms with E-state index < -0.39 is 0 Å². The van der Waals surface area contributed by atoms with Crippen molar-refractivity contribution in [3.63, 3.8) is 0 Å². The Morgan fingerprint density at radius 1 is 1.15 bits per heavy atom. The van der Waals surface area contributed by atoms with Crippen LogP contribution >= 0.6 is 0 Å². The van der Waals surface area contributed by atoms with Crippen molar-refractivity contribution in [2.45, 2.75) is 19.8 Å². The molecule has 3 heterocycles. The highest BCUT2D eigenvalue weighted by molar-refractivity contribution is 6.03. The lowest BCUT2D eigenvalue weighted by molar-refractivity contribution is 0.101. The summed E-state index contributed by atoms with van der Waals surface area (Å²) in [5, 5.41) is 6.65. The number of amides is 1. The van der Waals surface area contributed by atoms with Crippen LogP contribution in [0, 0.1) is 5.92 Å². The van der Waals surface area contributed by atoms with E-state index in [0.717, 1.165) is 24.7 Å². The van der Waals surface area contributed by atoms with E-state index >= 15 is 0 Å². The maximum absolute atomic E-state index is 12.3. The van der Waals surface area contributed by atoms with Gasteiger partial charge in [-0.25, -0.2) is 0 Å². The van der Waals surface area contributed by atoms with Gasteiger partial charge >= 0.3 is 0 Å². The van der Waals surface area contributed by atoms with Crippen molar-refractivity contribution in [2.24, 2.45) is 5.92 Å². The Morgan fingerprint density at radius 2 is 1.92 bits per heavy atom. The fourth-order valence-corrected chi connectivity index (χ4v) is 3.13. The average molecular weight is 351 g/mol. The third-order valence-corrected chi connectivity index (χ3v) is 4.78. The summed E-state index contributed by atoms with van der Waals surface area (Å²) in [6.07, 6.45) is 3.99. The van der Waals surface area contributed by atoms with Crippen molar-refractivity contribution >= 4 is 17.3 Å². The fourth-order valence-electron chi connectivity index (χ4n) is 3.13. The highest BCUT2D eigenvalue weighted by Crippen LogP contribution is 2.25. The predicted octanol–water partition coefficient (Wildman–Crippen LogP) is 4.42. The molecule has 4 rings (SSSR count). The SMILES string of the molecule is CC1CCN(c2ccc(NC(=O)c3cc(-c4ccco4)on3)cc2)CC1. The summed E-state index contributed by atoms with van der Waals surface area (Å²) >= 11 is 0. The minimum absolute atomic E-state index is 0.213. The van der Waals surface area contributed by atoms with E-state index in [1.54, 1.807) is 24.5 Å². The summed E-state index contributed by atoms with van der Waals surface area (Å²) in [5.41, 5.74) is 2.13. The first-order valence-electron chi connectivity index (χ1n) is 8.86. The summed E-state index contributed by atoms with van der Waals surface area (Å²) in [6.45, 7) is 4.47. The molecule has 1 amide bonds. The fraction of sp³-hybridized carbons (Fsp3) is 0.300. The van der Waals surface area contributed by atoms with E-state index in [2.05, 4.69) is 22.3 Å². The van der Waals surface area contributed by atoms with Crippen molar-refractivity contribution in [1.82, 2.24) is 5.16 Å². The Morgan fingerprint density at radius 3 is 2.62 bits per heavy atom. The normalized spacial score (nSPS) is 15.2. The molecule has 0 radical (unpaired) electrons. The van der Waals surface area contributed by atoms with Crippen LogP contribution in [0.5, 0.6) is 0 Å². The lowest BCUT2D eigenvalue weighted by atomic mass is 9.99. The van der Waals surface area contributed by atoms with Crippen LogP contribution in [-0.2, 0) is 0 Å². The molecule has 1 aliphatic rings. The van der Waals surface area contributed by atoms with Gasteiger partial charge < -0.3 is 19.2 Å². The van der Waals surface area contributed by atoms with Crippen LogP contribution in [-0.4, -0.2) is 24.2 Å². The lowest BCUT2D eigenvalue weighted by Gasteiger charge is -2.32. The molecule has 1 aliphatic heterocycles. The number of nitrogens with zero attached hydrogens (tertiary/aromatic N) is 2. The van der Waals surface area contributed by atoms with E-state index in [1.165, 1.54) is 18.5 Å². The first kappa shape index (κ1) is 16.4. The van der Waals surface area contributed by atoms with Gasteiger partial charge in [-0.3, -0.25) is 4.79 Å². The van der Waals surface area contributed by atoms with Gasteiger partial charge in [-0.2, -0.15) is 0 Å². The predicted molar refractivity (Wildman–Crippen MR) is 99.2 cm³/mol. The molecule has 3 aromatic rings. The number of furan rings is 1. The molecule has 0 atom stereocenters. The van der Waals surface area contributed by atoms with E-state index in [-0.39, 0.29) is 11.6 Å². The van der Waals surface area contributed by atoms with Gasteiger partial charge in [-0.1, -0.05) is 12.1 Å². The van der Waals surface area contributed by atoms with Crippen molar-refractivity contribution in [3.05, 3.63) is 54.4 Å². The Hall–Kier alpha value is -3.02. The maximum Gasteiger partial charge on any atom is 0.277 e. The molecule has 0 bridgehead atoms. The largest absolute Gasteiger partial charge is 0.461 e. The molecule has 2 aromatic heterocycles. The van der Waals surface area contributed by atoms with Gasteiger partial charge in [0.2, 0.25) is 5.76 Å². The number of nitrogens with one attached hydrogen (secondary N) is 1. The second-order valence-electron chi connectivity index (χ2n) is 6.72. The number of hydrogen-bond donors (Lipinski definition) is 1. The van der Waals surface area contributed by atoms with Crippen molar-refractivity contribution in [1.29, 1.82) is 0 Å². The molecule has 0 aliphatic carbocycles. The minimum atomic E-state index is -0.314. The van der Waals surface area contributed by atoms with E-state index in [0.29, 0.717) is 11.5 Å². The summed E-state index contributed by atoms with van der Waals surface area (Å²) < 4.78 is 10.4. The van der Waals surface area contributed by atoms with Gasteiger partial charge in [-0.05, 0) is 55.2 Å². The van der Waals surface area contributed by atoms with Gasteiger partial charge in [-0.15, -0.1) is 0 Å². The van der Waals surface area contributed by atoms with Crippen molar-refractivity contribution < 1.29 is 13.7 Å². The minimum Gasteiger partial charge on any atom is -0.461 e. The van der Waals surface area contributed by atoms with Crippen molar-refractivity contribution in [2.75, 3.05) is 23.3 Å². The molecule has 1 fully saturated rings. The van der Waals surface area contributed by atoms with E-state index in [9.17, 15) is 4.79 Å². The monoisotopic (exact) mass is 351 g/mol. The molecule has 6 nitrogen and oxygen atoms in total. The lowest BCUT2D eigenvalue weighted by Crippen LogP contribution is -2.32. The number of carbonyl (C=O) groups is 1. The van der Waals surface area contributed by atoms with E-state index in [1.807, 2.05) is 24.3 Å². The first-order chi connectivity index (χ1) is 12.7. The Kier molecular flexibility index (Phi) is 4.48. The van der Waals surface area contributed by atoms with Gasteiger partial charge in [0.1, 0.15) is 0 Å². The Labute approximate surface area is 151 Å². The van der Waals surface area contributed by atoms with Crippen LogP contribution in [0.1, 0.15) is 30.3 Å². The standard InChI is InChI=1S/C20H21N3O3/c1-14-8-10-23(11-9-14)16-6-4-15(5-7-16)21-20(24)17-13-19(26-22-17)18-3-2-12-25-18/h2-7,12-14H,8-11H2,1H3,(H,21,24). The topological polar surface area (TPSA) is 71.5 Å². The number of benzene rings is 1. The van der Waals surface area contributed by atoms with Crippen LogP contribution in [0.15, 0.2) is 57.7 Å². The third-order valence-electron chi connectivity index (χ3n) is 4.78. The molecular weight excluding hydrogens is 330 g/mol. The maximum atomic E-state index is 12.3. The molecule has 1 saturated heterocycles. The zero-order chi connectivity index (χ0) is 17.9. The average Bonchev–Trinajstić information content (AvgIpc) is 3.35. The molecule has 0 saturated carbocycles. The molecule has 0 unspecified atom stereocenters. The van der Waals surface area contributed by atoms with Crippen LogP contribution in [0.2, 0.25) is 0 Å². The zero-order valence-corrected chi connectivity index (χ0v) is 14.6. The number of carbonyl (C=O) groups excluding carboxylic acids is 1. The number of aromatic nitrogens is 1. The van der Waals surface area contributed by atoms with Gasteiger partial charge in [0, 0.05) is 30.5 Å². The van der Waals surface area contributed by atoms with Gasteiger partial charge in [0.25, 0.3) is 5.91 Å². The number of piperidine rings is 1. The summed E-state index contributed by atoms with van der Waals surface area (Å²) in [5.74, 6) is 1.45. The summed E-state index contributed by atoms with van der Waals surface area (Å²) in [7, 11) is 0. The molecule has 134 valence electrons. The number of rotatable bonds is 4. The summed E-state index contributed by atoms with van der Waals surface area (Å²) in [6, 6.07) is 13.0. The zero-order valence-electron chi connectivity index (χ0n) is 14.6. The highest BCUT2D eigenvalue weighted by atomic mass is 16.5. The van der Waals surface area contributed by atoms with Crippen LogP contribution in [0.4, 0.5) is 11.4 Å². The molecule has 6 heteroatoms. The second-order valence-corrected chi connectivity index (χ2v) is 6.72. The highest BCUT2D eigenvalue weighted by Gasteiger charge is 2.17. The van der Waals surface area contributed by atoms with Crippen LogP contribution < -0.4 is 10.2 Å². The number of hydrogen-bond acceptors (Lipinski definition) is 5. The quantitative estimate of drug-likeness (QED) is 0.753. The van der Waals surface area contributed by atoms with Gasteiger partial charge in [0.05, 0.1) is 6.26 Å². The Bertz CT molecular complexity index is 860. The van der Waals surface area contributed by atoms with Crippen molar-refractivity contribution in [3.8, 4) is 11.5 Å². The number of anilines is 2. The Balaban J connectivity index is 1.40. The third kappa shape index (κ3) is 3.49. The molecular formula is C20H21N3O3. The molecule has 1 aromatic carbocycles. The molecule has 0 spiro atoms. The van der Waals surface area contributed by atoms with Crippen LogP contribution in [0.25, 0.3) is 11.5 Å². The van der Waals surface area contributed by atoms with E-state index in [4.69, 9.17) is 8.94 Å². The molecule has 26 heavy (non-hydrogen) atoms. The smallest absolute Gasteiger partial charge is 0.277 e. The van der Waals surface area contributed by atoms with Crippen LogP contribution in [0.3, 0.4) is 0 Å². The first-order valence-corrected chi connectivity index (χ1v) is 8.86. The van der Waals surface area contributed by atoms with Gasteiger partial charge in [0.15, 0.2) is 11.5 Å². The summed E-state index contributed by atoms with van der Waals surface area (Å²) in [4.78, 5) is 14.7. The molecule has 1 N–H and O–H groups in total.